The molecule has 0 aromatic heterocycles. The average Bonchev–Trinajstić information content (AvgIpc) is 2.26. The van der Waals surface area contributed by atoms with Crippen LogP contribution < -0.4 is 11.1 Å². The molecule has 0 amide bonds. The van der Waals surface area contributed by atoms with Gasteiger partial charge in [-0.05, 0) is 19.4 Å². The van der Waals surface area contributed by atoms with Crippen molar-refractivity contribution in [2.75, 3.05) is 13.1 Å². The number of nitrogens with two attached hydrogens (primary N) is 1. The lowest BCUT2D eigenvalue weighted by atomic mass is 10.0. The first-order valence-corrected chi connectivity index (χ1v) is 5.24. The van der Waals surface area contributed by atoms with E-state index in [4.69, 9.17) is 5.73 Å². The monoisotopic (exact) mass is 223 g/mol. The molecule has 0 heterocycles. The van der Waals surface area contributed by atoms with Gasteiger partial charge in [0.25, 0.3) is 5.69 Å². The summed E-state index contributed by atoms with van der Waals surface area (Å²) in [6, 6.07) is 5.36. The summed E-state index contributed by atoms with van der Waals surface area (Å²) >= 11 is 0. The predicted octanol–water partition coefficient (Wildman–Crippen LogP) is 1.51. The zero-order chi connectivity index (χ0) is 12.1. The number of hydrogen-bond donors (Lipinski definition) is 2. The molecule has 0 spiro atoms. The van der Waals surface area contributed by atoms with Crippen molar-refractivity contribution in [2.45, 2.75) is 19.9 Å². The number of nitrogens with zero attached hydrogens (tertiary/aromatic N) is 1. The van der Waals surface area contributed by atoms with Crippen molar-refractivity contribution in [3.63, 3.8) is 0 Å². The van der Waals surface area contributed by atoms with Crippen LogP contribution in [0.15, 0.2) is 18.2 Å². The standard InChI is InChI=1S/C11H17N3O2/c1-8-3-4-10(7-11(8)14(15)16)9(2)13-6-5-12/h3-4,7,9,13H,5-6,12H2,1-2H3. The Labute approximate surface area is 94.8 Å². The summed E-state index contributed by atoms with van der Waals surface area (Å²) in [5, 5.41) is 14.0. The number of aryl methyl sites for hydroxylation is 1. The third-order valence-electron chi connectivity index (χ3n) is 2.52. The third-order valence-corrected chi connectivity index (χ3v) is 2.52. The zero-order valence-electron chi connectivity index (χ0n) is 9.56. The first-order chi connectivity index (χ1) is 7.56. The highest BCUT2D eigenvalue weighted by atomic mass is 16.6. The Morgan fingerprint density at radius 3 is 2.81 bits per heavy atom. The highest BCUT2D eigenvalue weighted by molar-refractivity contribution is 5.43. The number of nitrogens with one attached hydrogen (secondary N) is 1. The summed E-state index contributed by atoms with van der Waals surface area (Å²) < 4.78 is 0. The maximum Gasteiger partial charge on any atom is 0.272 e. The second-order valence-electron chi connectivity index (χ2n) is 3.77. The van der Waals surface area contributed by atoms with Gasteiger partial charge in [0.15, 0.2) is 0 Å². The van der Waals surface area contributed by atoms with Gasteiger partial charge in [0, 0.05) is 30.8 Å². The molecule has 0 radical (unpaired) electrons. The van der Waals surface area contributed by atoms with E-state index in [9.17, 15) is 10.1 Å². The highest BCUT2D eigenvalue weighted by Gasteiger charge is 2.13. The van der Waals surface area contributed by atoms with Gasteiger partial charge in [-0.3, -0.25) is 10.1 Å². The fourth-order valence-electron chi connectivity index (χ4n) is 1.51. The predicted molar refractivity (Wildman–Crippen MR) is 63.3 cm³/mol. The molecule has 1 rings (SSSR count). The molecule has 16 heavy (non-hydrogen) atoms. The number of rotatable bonds is 5. The molecule has 0 saturated heterocycles. The Hall–Kier alpha value is -1.46. The van der Waals surface area contributed by atoms with Crippen LogP contribution in [0.25, 0.3) is 0 Å². The molecule has 0 aliphatic heterocycles. The van der Waals surface area contributed by atoms with Crippen LogP contribution >= 0.6 is 0 Å². The molecule has 3 N–H and O–H groups in total. The van der Waals surface area contributed by atoms with Gasteiger partial charge >= 0.3 is 0 Å². The lowest BCUT2D eigenvalue weighted by Crippen LogP contribution is -2.25. The van der Waals surface area contributed by atoms with Crippen molar-refractivity contribution in [1.29, 1.82) is 0 Å². The SMILES string of the molecule is Cc1ccc(C(C)NCCN)cc1[N+](=O)[O-]. The summed E-state index contributed by atoms with van der Waals surface area (Å²) in [5.41, 5.74) is 7.14. The molecular formula is C11H17N3O2. The molecule has 0 bridgehead atoms. The molecule has 1 aromatic rings. The van der Waals surface area contributed by atoms with Crippen LogP contribution in [0.4, 0.5) is 5.69 Å². The summed E-state index contributed by atoms with van der Waals surface area (Å²) in [4.78, 5) is 10.4. The van der Waals surface area contributed by atoms with E-state index in [1.54, 1.807) is 19.1 Å². The summed E-state index contributed by atoms with van der Waals surface area (Å²) in [6.07, 6.45) is 0. The van der Waals surface area contributed by atoms with Crippen LogP contribution in [-0.2, 0) is 0 Å². The minimum Gasteiger partial charge on any atom is -0.329 e. The van der Waals surface area contributed by atoms with E-state index >= 15 is 0 Å². The Bertz CT molecular complexity index is 379. The molecule has 1 aromatic carbocycles. The fraction of sp³-hybridized carbons (Fsp3) is 0.455. The highest BCUT2D eigenvalue weighted by Crippen LogP contribution is 2.22. The molecule has 1 unspecified atom stereocenters. The summed E-state index contributed by atoms with van der Waals surface area (Å²) in [6.45, 7) is 4.95. The van der Waals surface area contributed by atoms with Gasteiger partial charge in [-0.25, -0.2) is 0 Å². The van der Waals surface area contributed by atoms with E-state index in [1.807, 2.05) is 13.0 Å². The maximum atomic E-state index is 10.8. The fourth-order valence-corrected chi connectivity index (χ4v) is 1.51. The lowest BCUT2D eigenvalue weighted by molar-refractivity contribution is -0.385. The number of nitro benzene ring substituents is 1. The van der Waals surface area contributed by atoms with E-state index in [0.29, 0.717) is 18.7 Å². The first-order valence-electron chi connectivity index (χ1n) is 5.24. The van der Waals surface area contributed by atoms with Gasteiger partial charge in [-0.1, -0.05) is 12.1 Å². The topological polar surface area (TPSA) is 81.2 Å². The molecule has 5 heteroatoms. The molecule has 0 saturated carbocycles. The Balaban J connectivity index is 2.89. The minimum absolute atomic E-state index is 0.0721. The van der Waals surface area contributed by atoms with Crippen LogP contribution in [0.5, 0.6) is 0 Å². The number of nitro groups is 1. The largest absolute Gasteiger partial charge is 0.329 e. The number of hydrogen-bond acceptors (Lipinski definition) is 4. The molecule has 0 fully saturated rings. The van der Waals surface area contributed by atoms with Crippen molar-refractivity contribution in [2.24, 2.45) is 5.73 Å². The Kier molecular flexibility index (Phi) is 4.39. The molecular weight excluding hydrogens is 206 g/mol. The second kappa shape index (κ2) is 5.58. The van der Waals surface area contributed by atoms with Gasteiger partial charge in [0.1, 0.15) is 0 Å². The number of benzene rings is 1. The first kappa shape index (κ1) is 12.6. The molecule has 5 nitrogen and oxygen atoms in total. The molecule has 0 aliphatic rings. The van der Waals surface area contributed by atoms with E-state index in [0.717, 1.165) is 5.56 Å². The summed E-state index contributed by atoms with van der Waals surface area (Å²) in [5.74, 6) is 0. The smallest absolute Gasteiger partial charge is 0.272 e. The minimum atomic E-state index is -0.353. The van der Waals surface area contributed by atoms with E-state index in [-0.39, 0.29) is 16.7 Å². The second-order valence-corrected chi connectivity index (χ2v) is 3.77. The van der Waals surface area contributed by atoms with E-state index in [1.165, 1.54) is 0 Å². The van der Waals surface area contributed by atoms with Crippen LogP contribution in [0.2, 0.25) is 0 Å². The van der Waals surface area contributed by atoms with Crippen molar-refractivity contribution in [3.05, 3.63) is 39.4 Å². The molecule has 0 aliphatic carbocycles. The summed E-state index contributed by atoms with van der Waals surface area (Å²) in [7, 11) is 0. The van der Waals surface area contributed by atoms with Gasteiger partial charge in [0.2, 0.25) is 0 Å². The van der Waals surface area contributed by atoms with Crippen molar-refractivity contribution < 1.29 is 4.92 Å². The maximum absolute atomic E-state index is 10.8. The van der Waals surface area contributed by atoms with Gasteiger partial charge in [-0.15, -0.1) is 0 Å². The van der Waals surface area contributed by atoms with Crippen LogP contribution in [0.1, 0.15) is 24.1 Å². The zero-order valence-corrected chi connectivity index (χ0v) is 9.56. The van der Waals surface area contributed by atoms with E-state index in [2.05, 4.69) is 5.32 Å². The van der Waals surface area contributed by atoms with Gasteiger partial charge in [-0.2, -0.15) is 0 Å². The van der Waals surface area contributed by atoms with Crippen LogP contribution in [0, 0.1) is 17.0 Å². The molecule has 88 valence electrons. The average molecular weight is 223 g/mol. The van der Waals surface area contributed by atoms with Crippen molar-refractivity contribution >= 4 is 5.69 Å². The van der Waals surface area contributed by atoms with E-state index < -0.39 is 0 Å². The normalized spacial score (nSPS) is 12.4. The van der Waals surface area contributed by atoms with Gasteiger partial charge < -0.3 is 11.1 Å². The Morgan fingerprint density at radius 2 is 2.25 bits per heavy atom. The van der Waals surface area contributed by atoms with Crippen molar-refractivity contribution in [1.82, 2.24) is 5.32 Å². The lowest BCUT2D eigenvalue weighted by Gasteiger charge is -2.13. The van der Waals surface area contributed by atoms with Crippen LogP contribution in [-0.4, -0.2) is 18.0 Å². The van der Waals surface area contributed by atoms with Gasteiger partial charge in [0.05, 0.1) is 4.92 Å². The van der Waals surface area contributed by atoms with Crippen LogP contribution in [0.3, 0.4) is 0 Å². The third kappa shape index (κ3) is 3.01. The molecule has 1 atom stereocenters. The van der Waals surface area contributed by atoms with Crippen molar-refractivity contribution in [3.8, 4) is 0 Å². The Morgan fingerprint density at radius 1 is 1.56 bits per heavy atom. The quantitative estimate of drug-likeness (QED) is 0.585.